The number of rotatable bonds is 4. The first-order valence-corrected chi connectivity index (χ1v) is 8.60. The van der Waals surface area contributed by atoms with Crippen molar-refractivity contribution in [1.82, 2.24) is 0 Å². The highest BCUT2D eigenvalue weighted by Crippen LogP contribution is 2.18. The predicted molar refractivity (Wildman–Crippen MR) is 86.1 cm³/mol. The van der Waals surface area contributed by atoms with Gasteiger partial charge in [-0.05, 0) is 36.2 Å². The third kappa shape index (κ3) is 3.72. The Hall–Kier alpha value is -2.18. The van der Waals surface area contributed by atoms with Crippen molar-refractivity contribution in [3.8, 4) is 0 Å². The SMILES string of the molecule is Cc1ccccc1N(N)C(=O)Cc1ccc(S(C)(=O)=O)cc1. The minimum Gasteiger partial charge on any atom is -0.273 e. The summed E-state index contributed by atoms with van der Waals surface area (Å²) in [6.45, 7) is 1.88. The Morgan fingerprint density at radius 3 is 2.23 bits per heavy atom. The zero-order chi connectivity index (χ0) is 16.3. The molecule has 0 saturated carbocycles. The van der Waals surface area contributed by atoms with E-state index in [0.717, 1.165) is 16.8 Å². The maximum atomic E-state index is 12.2. The van der Waals surface area contributed by atoms with Crippen LogP contribution in [0, 0.1) is 6.92 Å². The lowest BCUT2D eigenvalue weighted by atomic mass is 10.1. The summed E-state index contributed by atoms with van der Waals surface area (Å²) in [7, 11) is -3.23. The fourth-order valence-corrected chi connectivity index (χ4v) is 2.71. The molecule has 0 heterocycles. The molecule has 0 spiro atoms. The van der Waals surface area contributed by atoms with E-state index in [1.807, 2.05) is 25.1 Å². The van der Waals surface area contributed by atoms with E-state index in [4.69, 9.17) is 5.84 Å². The number of anilines is 1. The Labute approximate surface area is 130 Å². The normalized spacial score (nSPS) is 11.2. The number of hydrogen-bond donors (Lipinski definition) is 1. The Morgan fingerprint density at radius 2 is 1.68 bits per heavy atom. The van der Waals surface area contributed by atoms with E-state index in [9.17, 15) is 13.2 Å². The first-order chi connectivity index (χ1) is 10.3. The van der Waals surface area contributed by atoms with Gasteiger partial charge in [0.25, 0.3) is 0 Å². The molecule has 1 amide bonds. The molecule has 0 aliphatic heterocycles. The minimum absolute atomic E-state index is 0.106. The van der Waals surface area contributed by atoms with Crippen molar-refractivity contribution in [1.29, 1.82) is 0 Å². The van der Waals surface area contributed by atoms with Gasteiger partial charge in [-0.2, -0.15) is 0 Å². The van der Waals surface area contributed by atoms with Crippen LogP contribution in [0.15, 0.2) is 53.4 Å². The molecule has 0 fully saturated rings. The summed E-state index contributed by atoms with van der Waals surface area (Å²) < 4.78 is 22.8. The summed E-state index contributed by atoms with van der Waals surface area (Å²) in [5.74, 6) is 5.61. The molecule has 0 aliphatic rings. The molecular weight excluding hydrogens is 300 g/mol. The van der Waals surface area contributed by atoms with Crippen LogP contribution in [-0.4, -0.2) is 20.6 Å². The third-order valence-corrected chi connectivity index (χ3v) is 4.48. The lowest BCUT2D eigenvalue weighted by Crippen LogP contribution is -2.39. The van der Waals surface area contributed by atoms with E-state index < -0.39 is 9.84 Å². The van der Waals surface area contributed by atoms with Crippen molar-refractivity contribution in [2.75, 3.05) is 11.3 Å². The summed E-state index contributed by atoms with van der Waals surface area (Å²) in [6, 6.07) is 13.6. The average molecular weight is 318 g/mol. The van der Waals surface area contributed by atoms with Crippen LogP contribution in [0.5, 0.6) is 0 Å². The zero-order valence-corrected chi connectivity index (χ0v) is 13.3. The Bertz CT molecular complexity index is 783. The Kier molecular flexibility index (Phi) is 4.63. The lowest BCUT2D eigenvalue weighted by Gasteiger charge is -2.18. The fraction of sp³-hybridized carbons (Fsp3) is 0.188. The van der Waals surface area contributed by atoms with Crippen LogP contribution in [0.25, 0.3) is 0 Å². The first-order valence-electron chi connectivity index (χ1n) is 6.71. The van der Waals surface area contributed by atoms with Crippen LogP contribution in [-0.2, 0) is 21.1 Å². The molecule has 2 aromatic carbocycles. The van der Waals surface area contributed by atoms with Gasteiger partial charge in [-0.3, -0.25) is 4.79 Å². The summed E-state index contributed by atoms with van der Waals surface area (Å²) in [5, 5.41) is 1.12. The van der Waals surface area contributed by atoms with Gasteiger partial charge >= 0.3 is 0 Å². The van der Waals surface area contributed by atoms with Crippen molar-refractivity contribution < 1.29 is 13.2 Å². The highest BCUT2D eigenvalue weighted by Gasteiger charge is 2.14. The second kappa shape index (κ2) is 6.29. The Morgan fingerprint density at radius 1 is 1.09 bits per heavy atom. The van der Waals surface area contributed by atoms with E-state index in [-0.39, 0.29) is 17.2 Å². The number of amides is 1. The summed E-state index contributed by atoms with van der Waals surface area (Å²) in [4.78, 5) is 12.5. The molecule has 116 valence electrons. The number of hydrogen-bond acceptors (Lipinski definition) is 4. The number of benzene rings is 2. The molecule has 2 aromatic rings. The highest BCUT2D eigenvalue weighted by molar-refractivity contribution is 7.90. The maximum Gasteiger partial charge on any atom is 0.245 e. The minimum atomic E-state index is -3.23. The molecule has 0 aromatic heterocycles. The van der Waals surface area contributed by atoms with Crippen LogP contribution >= 0.6 is 0 Å². The van der Waals surface area contributed by atoms with Gasteiger partial charge in [0.1, 0.15) is 0 Å². The maximum absolute atomic E-state index is 12.2. The van der Waals surface area contributed by atoms with Crippen LogP contribution in [0.4, 0.5) is 5.69 Å². The smallest absolute Gasteiger partial charge is 0.245 e. The molecule has 0 atom stereocenters. The number of para-hydroxylation sites is 1. The van der Waals surface area contributed by atoms with Gasteiger partial charge in [-0.15, -0.1) is 0 Å². The first kappa shape index (κ1) is 16.2. The van der Waals surface area contributed by atoms with Crippen LogP contribution in [0.1, 0.15) is 11.1 Å². The van der Waals surface area contributed by atoms with Gasteiger partial charge in [0.2, 0.25) is 5.91 Å². The monoisotopic (exact) mass is 318 g/mol. The van der Waals surface area contributed by atoms with Crippen LogP contribution in [0.3, 0.4) is 0 Å². The molecule has 2 rings (SSSR count). The summed E-state index contributed by atoms with van der Waals surface area (Å²) in [5.41, 5.74) is 2.27. The predicted octanol–water partition coefficient (Wildman–Crippen LogP) is 1.85. The number of aryl methyl sites for hydroxylation is 1. The van der Waals surface area contributed by atoms with E-state index in [1.54, 1.807) is 18.2 Å². The molecule has 22 heavy (non-hydrogen) atoms. The third-order valence-electron chi connectivity index (χ3n) is 3.35. The molecule has 0 aliphatic carbocycles. The quantitative estimate of drug-likeness (QED) is 0.530. The second-order valence-electron chi connectivity index (χ2n) is 5.14. The molecule has 0 radical (unpaired) electrons. The molecule has 0 unspecified atom stereocenters. The van der Waals surface area contributed by atoms with Crippen LogP contribution < -0.4 is 10.9 Å². The number of hydrazine groups is 1. The van der Waals surface area contributed by atoms with Crippen molar-refractivity contribution in [2.24, 2.45) is 5.84 Å². The average Bonchev–Trinajstić information content (AvgIpc) is 2.46. The lowest BCUT2D eigenvalue weighted by molar-refractivity contribution is -0.118. The van der Waals surface area contributed by atoms with Gasteiger partial charge in [0, 0.05) is 6.26 Å². The standard InChI is InChI=1S/C16H18N2O3S/c1-12-5-3-4-6-15(12)18(17)16(19)11-13-7-9-14(10-8-13)22(2,20)21/h3-10H,11,17H2,1-2H3. The van der Waals surface area contributed by atoms with Gasteiger partial charge < -0.3 is 0 Å². The van der Waals surface area contributed by atoms with Crippen LogP contribution in [0.2, 0.25) is 0 Å². The molecule has 5 nitrogen and oxygen atoms in total. The molecular formula is C16H18N2O3S. The van der Waals surface area contributed by atoms with E-state index >= 15 is 0 Å². The van der Waals surface area contributed by atoms with Gasteiger partial charge in [0.15, 0.2) is 9.84 Å². The van der Waals surface area contributed by atoms with Crippen molar-refractivity contribution in [2.45, 2.75) is 18.2 Å². The Balaban J connectivity index is 2.14. The van der Waals surface area contributed by atoms with E-state index in [2.05, 4.69) is 0 Å². The highest BCUT2D eigenvalue weighted by atomic mass is 32.2. The number of carbonyl (C=O) groups is 1. The summed E-state index contributed by atoms with van der Waals surface area (Å²) in [6.07, 6.45) is 1.25. The summed E-state index contributed by atoms with van der Waals surface area (Å²) >= 11 is 0. The molecule has 6 heteroatoms. The van der Waals surface area contributed by atoms with E-state index in [1.165, 1.54) is 12.1 Å². The van der Waals surface area contributed by atoms with Gasteiger partial charge in [0.05, 0.1) is 17.0 Å². The van der Waals surface area contributed by atoms with Crippen molar-refractivity contribution >= 4 is 21.4 Å². The second-order valence-corrected chi connectivity index (χ2v) is 7.16. The number of nitrogens with zero attached hydrogens (tertiary/aromatic N) is 1. The number of nitrogens with two attached hydrogens (primary N) is 1. The number of carbonyl (C=O) groups excluding carboxylic acids is 1. The topological polar surface area (TPSA) is 80.5 Å². The van der Waals surface area contributed by atoms with Crippen molar-refractivity contribution in [3.63, 3.8) is 0 Å². The van der Waals surface area contributed by atoms with Gasteiger partial charge in [-0.25, -0.2) is 19.3 Å². The molecule has 2 N–H and O–H groups in total. The zero-order valence-electron chi connectivity index (χ0n) is 12.5. The molecule has 0 saturated heterocycles. The largest absolute Gasteiger partial charge is 0.273 e. The fourth-order valence-electron chi connectivity index (χ4n) is 2.08. The number of sulfone groups is 1. The molecule has 0 bridgehead atoms. The van der Waals surface area contributed by atoms with Gasteiger partial charge in [-0.1, -0.05) is 30.3 Å². The van der Waals surface area contributed by atoms with Crippen molar-refractivity contribution in [3.05, 3.63) is 59.7 Å². The van der Waals surface area contributed by atoms with E-state index in [0.29, 0.717) is 11.3 Å².